The van der Waals surface area contributed by atoms with Gasteiger partial charge in [0.05, 0.1) is 11.9 Å². The molecule has 6 heteroatoms. The Bertz CT molecular complexity index is 970. The summed E-state index contributed by atoms with van der Waals surface area (Å²) in [6.07, 6.45) is 2.37. The minimum atomic E-state index is 0.223. The first-order valence-corrected chi connectivity index (χ1v) is 8.12. The molecule has 0 atom stereocenters. The minimum Gasteiger partial charge on any atom is -0.508 e. The van der Waals surface area contributed by atoms with Crippen LogP contribution < -0.4 is 4.80 Å². The van der Waals surface area contributed by atoms with Crippen molar-refractivity contribution in [3.05, 3.63) is 69.8 Å². The summed E-state index contributed by atoms with van der Waals surface area (Å²) in [6, 6.07) is 14.3. The fraction of sp³-hybridized carbons (Fsp3) is 0.0556. The van der Waals surface area contributed by atoms with Crippen LogP contribution >= 0.6 is 11.3 Å². The molecule has 0 amide bonds. The predicted octanol–water partition coefficient (Wildman–Crippen LogP) is 3.21. The summed E-state index contributed by atoms with van der Waals surface area (Å²) in [5, 5.41) is 19.9. The van der Waals surface area contributed by atoms with Gasteiger partial charge in [-0.2, -0.15) is 5.10 Å². The second kappa shape index (κ2) is 7.06. The first-order valence-electron chi connectivity index (χ1n) is 7.24. The van der Waals surface area contributed by atoms with E-state index in [-0.39, 0.29) is 5.75 Å². The van der Waals surface area contributed by atoms with Crippen LogP contribution in [0.4, 0.5) is 0 Å². The molecule has 0 spiro atoms. The van der Waals surface area contributed by atoms with Crippen LogP contribution in [0.5, 0.6) is 5.75 Å². The highest BCUT2D eigenvalue weighted by atomic mass is 32.1. The first kappa shape index (κ1) is 15.9. The lowest BCUT2D eigenvalue weighted by molar-refractivity contribution is 0.112. The standard InChI is InChI=1S/C18H15N3O2S/c1-21-17(13-7-4-8-16(23)9-13)12-24-18(21)20-19-10-14-5-2-3-6-15(14)11-22/h2-12,23H,1H3. The summed E-state index contributed by atoms with van der Waals surface area (Å²) in [7, 11) is 1.89. The van der Waals surface area contributed by atoms with Crippen molar-refractivity contribution in [1.82, 2.24) is 4.57 Å². The van der Waals surface area contributed by atoms with E-state index in [0.717, 1.165) is 23.1 Å². The third-order valence-corrected chi connectivity index (χ3v) is 4.44. The SMILES string of the molecule is Cn1c(-c2cccc(O)c2)csc1=NN=Cc1ccccc1C=O. The van der Waals surface area contributed by atoms with Gasteiger partial charge in [0.25, 0.3) is 0 Å². The first-order chi connectivity index (χ1) is 11.7. The van der Waals surface area contributed by atoms with E-state index in [1.165, 1.54) is 11.3 Å². The Labute approximate surface area is 142 Å². The van der Waals surface area contributed by atoms with Crippen molar-refractivity contribution in [2.75, 3.05) is 0 Å². The van der Waals surface area contributed by atoms with Gasteiger partial charge >= 0.3 is 0 Å². The summed E-state index contributed by atoms with van der Waals surface area (Å²) in [5.74, 6) is 0.223. The molecule has 24 heavy (non-hydrogen) atoms. The number of hydrogen-bond acceptors (Lipinski definition) is 5. The van der Waals surface area contributed by atoms with Gasteiger partial charge in [0.15, 0.2) is 6.29 Å². The Hall–Kier alpha value is -2.99. The number of carbonyl (C=O) groups is 1. The third-order valence-electron chi connectivity index (χ3n) is 3.53. The van der Waals surface area contributed by atoms with Crippen molar-refractivity contribution >= 4 is 23.8 Å². The number of nitrogens with zero attached hydrogens (tertiary/aromatic N) is 3. The summed E-state index contributed by atoms with van der Waals surface area (Å²) in [4.78, 5) is 11.7. The number of carbonyl (C=O) groups excluding carboxylic acids is 1. The van der Waals surface area contributed by atoms with Gasteiger partial charge in [0.2, 0.25) is 4.80 Å². The molecule has 0 saturated carbocycles. The molecule has 0 fully saturated rings. The van der Waals surface area contributed by atoms with E-state index in [1.807, 2.05) is 35.2 Å². The van der Waals surface area contributed by atoms with Gasteiger partial charge in [-0.25, -0.2) is 0 Å². The number of phenols is 1. The highest BCUT2D eigenvalue weighted by Crippen LogP contribution is 2.22. The molecule has 1 heterocycles. The highest BCUT2D eigenvalue weighted by Gasteiger charge is 2.05. The number of thiazole rings is 1. The van der Waals surface area contributed by atoms with Gasteiger partial charge in [-0.3, -0.25) is 4.79 Å². The normalized spacial score (nSPS) is 12.0. The summed E-state index contributed by atoms with van der Waals surface area (Å²) in [6.45, 7) is 0. The van der Waals surface area contributed by atoms with Gasteiger partial charge in [0.1, 0.15) is 5.75 Å². The number of rotatable bonds is 4. The average molecular weight is 337 g/mol. The van der Waals surface area contributed by atoms with Gasteiger partial charge in [-0.05, 0) is 12.1 Å². The maximum atomic E-state index is 11.0. The molecule has 1 N–H and O–H groups in total. The molecule has 0 saturated heterocycles. The molecule has 2 aromatic carbocycles. The van der Waals surface area contributed by atoms with E-state index in [2.05, 4.69) is 10.2 Å². The molecule has 3 aromatic rings. The highest BCUT2D eigenvalue weighted by molar-refractivity contribution is 7.07. The van der Waals surface area contributed by atoms with E-state index in [1.54, 1.807) is 36.5 Å². The number of phenolic OH excluding ortho intramolecular Hbond substituents is 1. The molecule has 0 unspecified atom stereocenters. The van der Waals surface area contributed by atoms with Crippen molar-refractivity contribution < 1.29 is 9.90 Å². The fourth-order valence-corrected chi connectivity index (χ4v) is 3.13. The number of benzene rings is 2. The molecule has 3 rings (SSSR count). The van der Waals surface area contributed by atoms with Crippen LogP contribution in [-0.4, -0.2) is 22.2 Å². The lowest BCUT2D eigenvalue weighted by Crippen LogP contribution is -2.10. The monoisotopic (exact) mass is 337 g/mol. The quantitative estimate of drug-likeness (QED) is 0.451. The van der Waals surface area contributed by atoms with Crippen LogP contribution in [0.2, 0.25) is 0 Å². The Morgan fingerprint density at radius 2 is 1.92 bits per heavy atom. The van der Waals surface area contributed by atoms with Crippen LogP contribution in [0.25, 0.3) is 11.3 Å². The van der Waals surface area contributed by atoms with Crippen molar-refractivity contribution in [1.29, 1.82) is 0 Å². The van der Waals surface area contributed by atoms with Crippen molar-refractivity contribution in [3.63, 3.8) is 0 Å². The van der Waals surface area contributed by atoms with E-state index >= 15 is 0 Å². The fourth-order valence-electron chi connectivity index (χ4n) is 2.26. The Kier molecular flexibility index (Phi) is 4.67. The average Bonchev–Trinajstić information content (AvgIpc) is 2.96. The molecular weight excluding hydrogens is 322 g/mol. The van der Waals surface area contributed by atoms with E-state index < -0.39 is 0 Å². The largest absolute Gasteiger partial charge is 0.508 e. The molecule has 0 radical (unpaired) electrons. The van der Waals surface area contributed by atoms with Crippen LogP contribution in [0.15, 0.2) is 64.1 Å². The molecule has 0 aliphatic carbocycles. The Morgan fingerprint density at radius 3 is 2.67 bits per heavy atom. The van der Waals surface area contributed by atoms with Gasteiger partial charge in [-0.15, -0.1) is 16.4 Å². The van der Waals surface area contributed by atoms with Gasteiger partial charge < -0.3 is 9.67 Å². The summed E-state index contributed by atoms with van der Waals surface area (Å²) < 4.78 is 1.91. The lowest BCUT2D eigenvalue weighted by Gasteiger charge is -2.02. The minimum absolute atomic E-state index is 0.223. The number of aldehydes is 1. The van der Waals surface area contributed by atoms with E-state index in [4.69, 9.17) is 0 Å². The Morgan fingerprint density at radius 1 is 1.12 bits per heavy atom. The van der Waals surface area contributed by atoms with Crippen molar-refractivity contribution in [3.8, 4) is 17.0 Å². The van der Waals surface area contributed by atoms with Crippen molar-refractivity contribution in [2.24, 2.45) is 17.3 Å². The summed E-state index contributed by atoms with van der Waals surface area (Å²) in [5.41, 5.74) is 3.15. The Balaban J connectivity index is 1.92. The zero-order valence-corrected chi connectivity index (χ0v) is 13.8. The van der Waals surface area contributed by atoms with E-state index in [9.17, 15) is 9.90 Å². The molecule has 0 bridgehead atoms. The second-order valence-electron chi connectivity index (χ2n) is 5.10. The van der Waals surface area contributed by atoms with Gasteiger partial charge in [0, 0.05) is 29.1 Å². The molecule has 0 aliphatic heterocycles. The molecule has 0 aliphatic rings. The summed E-state index contributed by atoms with van der Waals surface area (Å²) >= 11 is 1.45. The van der Waals surface area contributed by atoms with Gasteiger partial charge in [-0.1, -0.05) is 36.4 Å². The molecule has 1 aromatic heterocycles. The molecular formula is C18H15N3O2S. The molecule has 120 valence electrons. The molecule has 5 nitrogen and oxygen atoms in total. The number of hydrogen-bond donors (Lipinski definition) is 1. The second-order valence-corrected chi connectivity index (χ2v) is 5.94. The lowest BCUT2D eigenvalue weighted by atomic mass is 10.1. The van der Waals surface area contributed by atoms with Crippen LogP contribution in [0, 0.1) is 0 Å². The van der Waals surface area contributed by atoms with Crippen LogP contribution in [0.1, 0.15) is 15.9 Å². The van der Waals surface area contributed by atoms with E-state index in [0.29, 0.717) is 10.4 Å². The zero-order valence-electron chi connectivity index (χ0n) is 13.0. The van der Waals surface area contributed by atoms with Crippen LogP contribution in [0.3, 0.4) is 0 Å². The van der Waals surface area contributed by atoms with Crippen molar-refractivity contribution in [2.45, 2.75) is 0 Å². The van der Waals surface area contributed by atoms with Crippen LogP contribution in [-0.2, 0) is 7.05 Å². The number of aromatic hydroxyl groups is 1. The smallest absolute Gasteiger partial charge is 0.210 e. The maximum Gasteiger partial charge on any atom is 0.210 e. The zero-order chi connectivity index (χ0) is 16.9. The number of aromatic nitrogens is 1. The topological polar surface area (TPSA) is 66.9 Å². The maximum absolute atomic E-state index is 11.0. The predicted molar refractivity (Wildman–Crippen MR) is 95.4 cm³/mol. The third kappa shape index (κ3) is 3.33.